The molecule has 17 heavy (non-hydrogen) atoms. The molecule has 2 fully saturated rings. The highest BCUT2D eigenvalue weighted by molar-refractivity contribution is 4.95. The Morgan fingerprint density at radius 1 is 1.41 bits per heavy atom. The fraction of sp³-hybridized carbons (Fsp3) is 1.00. The fourth-order valence-corrected chi connectivity index (χ4v) is 3.14. The van der Waals surface area contributed by atoms with Crippen LogP contribution in [0.4, 0.5) is 0 Å². The Kier molecular flexibility index (Phi) is 3.81. The number of nitrogens with two attached hydrogens (primary N) is 1. The molecule has 0 spiro atoms. The summed E-state index contributed by atoms with van der Waals surface area (Å²) in [6.45, 7) is 10.3. The standard InChI is InChI=1S/C14H28N2O/c1-13(2)11-16(7-8-17-13)14(3,10-15)9-12-5-4-6-12/h12H,4-11,15H2,1-3H3. The van der Waals surface area contributed by atoms with Crippen LogP contribution in [-0.2, 0) is 4.74 Å². The van der Waals surface area contributed by atoms with E-state index in [1.54, 1.807) is 0 Å². The van der Waals surface area contributed by atoms with Crippen LogP contribution in [0.1, 0.15) is 46.5 Å². The summed E-state index contributed by atoms with van der Waals surface area (Å²) in [6.07, 6.45) is 5.49. The van der Waals surface area contributed by atoms with Gasteiger partial charge in [0.2, 0.25) is 0 Å². The minimum absolute atomic E-state index is 0.0196. The molecule has 100 valence electrons. The molecule has 1 aliphatic carbocycles. The van der Waals surface area contributed by atoms with Gasteiger partial charge in [0.15, 0.2) is 0 Å². The zero-order valence-corrected chi connectivity index (χ0v) is 11.7. The molecule has 1 saturated heterocycles. The van der Waals surface area contributed by atoms with Gasteiger partial charge in [0, 0.05) is 25.2 Å². The predicted octanol–water partition coefficient (Wildman–Crippen LogP) is 2.00. The molecular formula is C14H28N2O. The SMILES string of the molecule is CC1(C)CN(C(C)(CN)CC2CCC2)CCO1. The Bertz CT molecular complexity index is 263. The Labute approximate surface area is 106 Å². The molecule has 0 amide bonds. The molecule has 0 aromatic heterocycles. The van der Waals surface area contributed by atoms with E-state index in [0.29, 0.717) is 0 Å². The Morgan fingerprint density at radius 3 is 2.59 bits per heavy atom. The number of hydrogen-bond acceptors (Lipinski definition) is 3. The zero-order valence-electron chi connectivity index (χ0n) is 11.7. The highest BCUT2D eigenvalue weighted by Crippen LogP contribution is 2.37. The smallest absolute Gasteiger partial charge is 0.0753 e. The van der Waals surface area contributed by atoms with Crippen molar-refractivity contribution in [2.75, 3.05) is 26.2 Å². The first-order valence-electron chi connectivity index (χ1n) is 7.04. The average molecular weight is 240 g/mol. The van der Waals surface area contributed by atoms with Crippen molar-refractivity contribution in [3.05, 3.63) is 0 Å². The minimum atomic E-state index is -0.0196. The molecule has 2 rings (SSSR count). The van der Waals surface area contributed by atoms with Crippen LogP contribution in [-0.4, -0.2) is 42.3 Å². The zero-order chi connectivity index (χ0) is 12.5. The number of rotatable bonds is 4. The van der Waals surface area contributed by atoms with E-state index < -0.39 is 0 Å². The second kappa shape index (κ2) is 4.87. The summed E-state index contributed by atoms with van der Waals surface area (Å²) in [4.78, 5) is 2.56. The second-order valence-corrected chi connectivity index (χ2v) is 6.73. The van der Waals surface area contributed by atoms with Crippen molar-refractivity contribution < 1.29 is 4.74 Å². The van der Waals surface area contributed by atoms with Crippen LogP contribution in [0, 0.1) is 5.92 Å². The maximum absolute atomic E-state index is 6.07. The summed E-state index contributed by atoms with van der Waals surface area (Å²) in [5.74, 6) is 0.912. The predicted molar refractivity (Wildman–Crippen MR) is 71.0 cm³/mol. The molecule has 0 bridgehead atoms. The second-order valence-electron chi connectivity index (χ2n) is 6.73. The number of morpholine rings is 1. The quantitative estimate of drug-likeness (QED) is 0.817. The molecule has 1 aliphatic heterocycles. The molecule has 1 unspecified atom stereocenters. The van der Waals surface area contributed by atoms with E-state index in [-0.39, 0.29) is 11.1 Å². The Morgan fingerprint density at radius 2 is 2.12 bits per heavy atom. The van der Waals surface area contributed by atoms with Gasteiger partial charge in [0.1, 0.15) is 0 Å². The van der Waals surface area contributed by atoms with Crippen LogP contribution in [0.25, 0.3) is 0 Å². The van der Waals surface area contributed by atoms with Gasteiger partial charge >= 0.3 is 0 Å². The van der Waals surface area contributed by atoms with Gasteiger partial charge in [-0.15, -0.1) is 0 Å². The van der Waals surface area contributed by atoms with Gasteiger partial charge < -0.3 is 10.5 Å². The van der Waals surface area contributed by atoms with Crippen molar-refractivity contribution in [1.82, 2.24) is 4.90 Å². The van der Waals surface area contributed by atoms with Crippen LogP contribution in [0.15, 0.2) is 0 Å². The molecule has 1 heterocycles. The van der Waals surface area contributed by atoms with Crippen molar-refractivity contribution in [3.63, 3.8) is 0 Å². The van der Waals surface area contributed by atoms with Gasteiger partial charge in [0.25, 0.3) is 0 Å². The molecule has 2 aliphatic rings. The lowest BCUT2D eigenvalue weighted by atomic mass is 9.75. The van der Waals surface area contributed by atoms with Gasteiger partial charge in [-0.1, -0.05) is 19.3 Å². The van der Waals surface area contributed by atoms with Gasteiger partial charge in [-0.3, -0.25) is 4.90 Å². The highest BCUT2D eigenvalue weighted by atomic mass is 16.5. The summed E-state index contributed by atoms with van der Waals surface area (Å²) < 4.78 is 5.80. The van der Waals surface area contributed by atoms with E-state index in [9.17, 15) is 0 Å². The number of hydrogen-bond donors (Lipinski definition) is 1. The maximum Gasteiger partial charge on any atom is 0.0753 e. The summed E-state index contributed by atoms with van der Waals surface area (Å²) in [5, 5.41) is 0. The summed E-state index contributed by atoms with van der Waals surface area (Å²) in [7, 11) is 0. The fourth-order valence-electron chi connectivity index (χ4n) is 3.14. The third-order valence-corrected chi connectivity index (χ3v) is 4.58. The monoisotopic (exact) mass is 240 g/mol. The lowest BCUT2D eigenvalue weighted by Gasteiger charge is -2.49. The van der Waals surface area contributed by atoms with Crippen molar-refractivity contribution in [1.29, 1.82) is 0 Å². The van der Waals surface area contributed by atoms with Crippen LogP contribution in [0.3, 0.4) is 0 Å². The number of nitrogens with zero attached hydrogens (tertiary/aromatic N) is 1. The molecule has 0 radical (unpaired) electrons. The summed E-state index contributed by atoms with van der Waals surface area (Å²) in [5.41, 5.74) is 6.22. The first-order chi connectivity index (χ1) is 7.95. The summed E-state index contributed by atoms with van der Waals surface area (Å²) in [6, 6.07) is 0. The topological polar surface area (TPSA) is 38.5 Å². The van der Waals surface area contributed by atoms with Gasteiger partial charge in [-0.05, 0) is 33.1 Å². The molecule has 1 saturated carbocycles. The normalized spacial score (nSPS) is 29.6. The number of ether oxygens (including phenoxy) is 1. The Hall–Kier alpha value is -0.120. The summed E-state index contributed by atoms with van der Waals surface area (Å²) >= 11 is 0. The van der Waals surface area contributed by atoms with Crippen molar-refractivity contribution in [2.45, 2.75) is 57.6 Å². The molecule has 3 heteroatoms. The lowest BCUT2D eigenvalue weighted by molar-refractivity contribution is -0.117. The van der Waals surface area contributed by atoms with Crippen LogP contribution >= 0.6 is 0 Å². The molecule has 1 atom stereocenters. The van der Waals surface area contributed by atoms with Crippen LogP contribution < -0.4 is 5.73 Å². The van der Waals surface area contributed by atoms with Gasteiger partial charge in [0.05, 0.1) is 12.2 Å². The van der Waals surface area contributed by atoms with Crippen LogP contribution in [0.5, 0.6) is 0 Å². The van der Waals surface area contributed by atoms with Crippen molar-refractivity contribution in [3.8, 4) is 0 Å². The Balaban J connectivity index is 1.99. The molecule has 0 aromatic rings. The highest BCUT2D eigenvalue weighted by Gasteiger charge is 2.39. The first-order valence-corrected chi connectivity index (χ1v) is 7.04. The van der Waals surface area contributed by atoms with E-state index in [4.69, 9.17) is 10.5 Å². The average Bonchev–Trinajstić information content (AvgIpc) is 2.22. The van der Waals surface area contributed by atoms with E-state index in [0.717, 1.165) is 32.2 Å². The third-order valence-electron chi connectivity index (χ3n) is 4.58. The maximum atomic E-state index is 6.07. The first kappa shape index (κ1) is 13.3. The molecule has 2 N–H and O–H groups in total. The van der Waals surface area contributed by atoms with E-state index in [1.165, 1.54) is 25.7 Å². The lowest BCUT2D eigenvalue weighted by Crippen LogP contribution is -2.61. The van der Waals surface area contributed by atoms with E-state index in [1.807, 2.05) is 0 Å². The van der Waals surface area contributed by atoms with Crippen molar-refractivity contribution in [2.24, 2.45) is 11.7 Å². The minimum Gasteiger partial charge on any atom is -0.373 e. The van der Waals surface area contributed by atoms with E-state index in [2.05, 4.69) is 25.7 Å². The third kappa shape index (κ3) is 3.01. The molecule has 3 nitrogen and oxygen atoms in total. The van der Waals surface area contributed by atoms with Gasteiger partial charge in [-0.2, -0.15) is 0 Å². The van der Waals surface area contributed by atoms with E-state index >= 15 is 0 Å². The van der Waals surface area contributed by atoms with Crippen molar-refractivity contribution >= 4 is 0 Å². The van der Waals surface area contributed by atoms with Gasteiger partial charge in [-0.25, -0.2) is 0 Å². The largest absolute Gasteiger partial charge is 0.373 e. The van der Waals surface area contributed by atoms with Crippen LogP contribution in [0.2, 0.25) is 0 Å². The molecule has 0 aromatic carbocycles. The molecular weight excluding hydrogens is 212 g/mol.